The van der Waals surface area contributed by atoms with Crippen LogP contribution < -0.4 is 43.4 Å². The summed E-state index contributed by atoms with van der Waals surface area (Å²) in [7, 11) is 0. The Balaban J connectivity index is 3.32. The number of likely N-dealkylation sites (tertiary alicyclic amines) is 1. The van der Waals surface area contributed by atoms with Gasteiger partial charge >= 0.3 is 5.97 Å². The van der Waals surface area contributed by atoms with E-state index < -0.39 is 90.0 Å². The summed E-state index contributed by atoms with van der Waals surface area (Å²) in [4.78, 5) is 110. The second kappa shape index (κ2) is 24.4. The molecule has 0 saturated carbocycles. The molecule has 1 heterocycles. The van der Waals surface area contributed by atoms with Gasteiger partial charge in [0, 0.05) is 26.6 Å². The van der Waals surface area contributed by atoms with Crippen molar-refractivity contribution in [2.45, 2.75) is 143 Å². The van der Waals surface area contributed by atoms with Crippen LogP contribution in [0.1, 0.15) is 106 Å². The van der Waals surface area contributed by atoms with Crippen molar-refractivity contribution in [2.75, 3.05) is 19.6 Å². The average Bonchev–Trinajstić information content (AvgIpc) is 3.62. The molecule has 1 aliphatic heterocycles. The minimum atomic E-state index is -1.59. The van der Waals surface area contributed by atoms with Crippen LogP contribution >= 0.6 is 0 Å². The lowest BCUT2D eigenvalue weighted by atomic mass is 9.96. The first-order valence-corrected chi connectivity index (χ1v) is 19.3. The molecule has 11 N–H and O–H groups in total. The number of carbonyl (C=O) groups excluding carboxylic acids is 7. The summed E-state index contributed by atoms with van der Waals surface area (Å²) in [6.07, 6.45) is 2.15. The smallest absolute Gasteiger partial charge is 0.305 e. The summed E-state index contributed by atoms with van der Waals surface area (Å²) in [5.74, 6) is -6.65. The van der Waals surface area contributed by atoms with Crippen molar-refractivity contribution in [3.05, 3.63) is 0 Å². The largest absolute Gasteiger partial charge is 0.481 e. The number of aliphatic imine (C=N–C) groups is 1. The Bertz CT molecular complexity index is 1370. The number of nitrogens with zero attached hydrogens (tertiary/aromatic N) is 2. The van der Waals surface area contributed by atoms with E-state index in [2.05, 4.69) is 36.9 Å². The normalized spacial score (nSPS) is 17.5. The van der Waals surface area contributed by atoms with Crippen LogP contribution in [0.15, 0.2) is 4.99 Å². The van der Waals surface area contributed by atoms with Gasteiger partial charge in [-0.25, -0.2) is 0 Å². The molecule has 0 unspecified atom stereocenters. The zero-order chi connectivity index (χ0) is 41.8. The minimum absolute atomic E-state index is 0.101. The Hall–Kier alpha value is -4.97. The van der Waals surface area contributed by atoms with E-state index in [1.807, 2.05) is 6.92 Å². The van der Waals surface area contributed by atoms with Gasteiger partial charge in [-0.05, 0) is 50.9 Å². The highest BCUT2D eigenvalue weighted by Gasteiger charge is 2.39. The van der Waals surface area contributed by atoms with E-state index in [-0.39, 0.29) is 37.2 Å². The number of likely N-dealkylation sites (N-methyl/N-ethyl adjacent to an activating group) is 1. The molecule has 1 saturated heterocycles. The number of rotatable bonds is 24. The molecule has 55 heavy (non-hydrogen) atoms. The van der Waals surface area contributed by atoms with Crippen molar-refractivity contribution >= 4 is 53.3 Å². The number of nitrogens with two attached hydrogens (primary N) is 2. The summed E-state index contributed by atoms with van der Waals surface area (Å²) in [6, 6.07) is -6.81. The van der Waals surface area contributed by atoms with E-state index in [4.69, 9.17) is 11.5 Å². The lowest BCUT2D eigenvalue weighted by Gasteiger charge is -2.31. The monoisotopic (exact) mass is 780 g/mol. The van der Waals surface area contributed by atoms with Crippen molar-refractivity contribution < 1.29 is 43.5 Å². The second-order valence-electron chi connectivity index (χ2n) is 14.0. The number of aliphatic carboxylic acids is 1. The number of hydrogen-bond donors (Lipinski definition) is 9. The molecule has 8 atom stereocenters. The minimum Gasteiger partial charge on any atom is -0.481 e. The maximum atomic E-state index is 14.0. The molecule has 1 rings (SSSR count). The molecular weight excluding hydrogens is 716 g/mol. The van der Waals surface area contributed by atoms with E-state index in [9.17, 15) is 43.5 Å². The zero-order valence-corrected chi connectivity index (χ0v) is 33.4. The lowest BCUT2D eigenvalue weighted by molar-refractivity contribution is -0.142. The van der Waals surface area contributed by atoms with E-state index in [1.165, 1.54) is 11.8 Å². The Morgan fingerprint density at radius 2 is 1.31 bits per heavy atom. The Kier molecular flexibility index (Phi) is 21.4. The van der Waals surface area contributed by atoms with Crippen LogP contribution in [0.4, 0.5) is 0 Å². The molecule has 1 aliphatic rings. The van der Waals surface area contributed by atoms with Crippen LogP contribution in [0, 0.1) is 11.8 Å². The first-order valence-electron chi connectivity index (χ1n) is 19.3. The van der Waals surface area contributed by atoms with Crippen LogP contribution in [0.2, 0.25) is 0 Å². The topological polar surface area (TPSA) is 297 Å². The summed E-state index contributed by atoms with van der Waals surface area (Å²) in [5, 5.41) is 25.3. The quantitative estimate of drug-likeness (QED) is 0.0324. The fourth-order valence-corrected chi connectivity index (χ4v) is 6.17. The van der Waals surface area contributed by atoms with E-state index in [0.29, 0.717) is 51.6 Å². The van der Waals surface area contributed by atoms with Gasteiger partial charge in [-0.3, -0.25) is 43.3 Å². The van der Waals surface area contributed by atoms with Gasteiger partial charge in [0.05, 0.1) is 6.42 Å². The molecule has 19 nitrogen and oxygen atoms in total. The molecule has 312 valence electrons. The van der Waals surface area contributed by atoms with Gasteiger partial charge in [-0.1, -0.05) is 53.9 Å². The van der Waals surface area contributed by atoms with Gasteiger partial charge in [0.1, 0.15) is 36.3 Å². The van der Waals surface area contributed by atoms with Crippen LogP contribution in [0.5, 0.6) is 0 Å². The van der Waals surface area contributed by atoms with Gasteiger partial charge in [0.25, 0.3) is 0 Å². The highest BCUT2D eigenvalue weighted by Crippen LogP contribution is 2.20. The summed E-state index contributed by atoms with van der Waals surface area (Å²) in [5.41, 5.74) is 10.9. The number of carboxylic acids is 1. The first kappa shape index (κ1) is 48.0. The predicted octanol–water partition coefficient (Wildman–Crippen LogP) is -1.02. The van der Waals surface area contributed by atoms with Gasteiger partial charge < -0.3 is 53.4 Å². The van der Waals surface area contributed by atoms with E-state index in [1.54, 1.807) is 34.6 Å². The fourth-order valence-electron chi connectivity index (χ4n) is 6.17. The molecule has 19 heteroatoms. The molecule has 0 aliphatic carbocycles. The number of guanidine groups is 1. The number of hydrogen-bond acceptors (Lipinski definition) is 9. The van der Waals surface area contributed by atoms with Gasteiger partial charge in [0.15, 0.2) is 5.96 Å². The van der Waals surface area contributed by atoms with Crippen LogP contribution in [0.25, 0.3) is 0 Å². The molecule has 1 fully saturated rings. The van der Waals surface area contributed by atoms with Crippen LogP contribution in [-0.4, -0.2) is 119 Å². The third-order valence-corrected chi connectivity index (χ3v) is 9.62. The van der Waals surface area contributed by atoms with Crippen LogP contribution in [-0.2, 0) is 38.4 Å². The number of amides is 7. The maximum Gasteiger partial charge on any atom is 0.305 e. The summed E-state index contributed by atoms with van der Waals surface area (Å²) < 4.78 is 0. The molecule has 0 bridgehead atoms. The Morgan fingerprint density at radius 3 is 1.82 bits per heavy atom. The fraction of sp³-hybridized carbons (Fsp3) is 0.750. The second-order valence-corrected chi connectivity index (χ2v) is 14.0. The van der Waals surface area contributed by atoms with Crippen molar-refractivity contribution in [3.8, 4) is 0 Å². The van der Waals surface area contributed by atoms with Crippen LogP contribution in [0.3, 0.4) is 0 Å². The Morgan fingerprint density at radius 1 is 0.764 bits per heavy atom. The number of nitrogens with one attached hydrogen (secondary N) is 6. The Labute approximate surface area is 323 Å². The SMILES string of the molecule is CCC[C@H](NC(=O)[C@H](CC(=O)O)NC(=O)[C@H](NC(C)=O)[C@@H](C)CC)C(=O)N[C@H](C(=O)N[C@@H](CCCN=C(N)N)C(=O)N1CCC[C@H]1C(=O)NCC)[C@@H](C)CC. The molecule has 0 aromatic carbocycles. The highest BCUT2D eigenvalue weighted by molar-refractivity contribution is 5.98. The zero-order valence-electron chi connectivity index (χ0n) is 33.4. The maximum absolute atomic E-state index is 14.0. The predicted molar refractivity (Wildman–Crippen MR) is 205 cm³/mol. The number of carboxylic acid groups (broad SMARTS) is 1. The van der Waals surface area contributed by atoms with Gasteiger partial charge in [-0.2, -0.15) is 0 Å². The third kappa shape index (κ3) is 16.1. The molecule has 0 aromatic rings. The van der Waals surface area contributed by atoms with Gasteiger partial charge in [0.2, 0.25) is 41.4 Å². The standard InChI is InChI=1S/C36H64N10O9/c1-8-14-23(42-31(51)25(19-27(48)49)44-33(53)28(20(5)9-2)41-22(7)47)30(50)45-29(21(6)10-3)34(54)43-24(15-12-17-40-36(37)38)35(55)46-18-13-16-26(46)32(52)39-11-4/h20-21,23-26,28-29H,8-19H2,1-7H3,(H,39,52)(H,41,47)(H,42,51)(H,43,54)(H,44,53)(H,45,50)(H,48,49)(H4,37,38,40)/t20-,21-,23-,24-,25-,26-,28+,29-/m0/s1. The van der Waals surface area contributed by atoms with Crippen molar-refractivity contribution in [1.29, 1.82) is 0 Å². The molecular formula is C36H64N10O9. The average molecular weight is 781 g/mol. The molecule has 0 spiro atoms. The lowest BCUT2D eigenvalue weighted by Crippen LogP contribution is -2.61. The van der Waals surface area contributed by atoms with Crippen molar-refractivity contribution in [2.24, 2.45) is 28.3 Å². The van der Waals surface area contributed by atoms with E-state index >= 15 is 0 Å². The summed E-state index contributed by atoms with van der Waals surface area (Å²) >= 11 is 0. The van der Waals surface area contributed by atoms with E-state index in [0.717, 1.165) is 0 Å². The van der Waals surface area contributed by atoms with Gasteiger partial charge in [-0.15, -0.1) is 0 Å². The summed E-state index contributed by atoms with van der Waals surface area (Å²) in [6.45, 7) is 12.7. The van der Waals surface area contributed by atoms with Crippen molar-refractivity contribution in [3.63, 3.8) is 0 Å². The molecule has 0 aromatic heterocycles. The number of carbonyl (C=O) groups is 8. The third-order valence-electron chi connectivity index (χ3n) is 9.62. The van der Waals surface area contributed by atoms with Crippen molar-refractivity contribution in [1.82, 2.24) is 36.8 Å². The highest BCUT2D eigenvalue weighted by atomic mass is 16.4. The molecule has 7 amide bonds. The first-order chi connectivity index (χ1) is 25.9. The molecule has 0 radical (unpaired) electrons.